The number of benzene rings is 1. The van der Waals surface area contributed by atoms with E-state index in [2.05, 4.69) is 36.0 Å². The van der Waals surface area contributed by atoms with Gasteiger partial charge in [0.1, 0.15) is 6.10 Å². The monoisotopic (exact) mass is 519 g/mol. The van der Waals surface area contributed by atoms with Gasteiger partial charge in [-0.25, -0.2) is 0 Å². The van der Waals surface area contributed by atoms with Gasteiger partial charge >= 0.3 is 0 Å². The van der Waals surface area contributed by atoms with Crippen LogP contribution in [0.25, 0.3) is 11.1 Å². The number of hydrogen-bond donors (Lipinski definition) is 1. The molecule has 2 aliphatic rings. The van der Waals surface area contributed by atoms with E-state index in [-0.39, 0.29) is 28.6 Å². The lowest BCUT2D eigenvalue weighted by molar-refractivity contribution is -0.0872. The smallest absolute Gasteiger partial charge is 0.255 e. The Morgan fingerprint density at radius 1 is 1.22 bits per heavy atom. The van der Waals surface area contributed by atoms with Crippen molar-refractivity contribution in [2.75, 3.05) is 32.8 Å². The number of H-pyrrole nitrogens is 1. The van der Waals surface area contributed by atoms with Crippen LogP contribution in [0.5, 0.6) is 0 Å². The number of nitrogens with one attached hydrogen (secondary N) is 1. The van der Waals surface area contributed by atoms with Crippen molar-refractivity contribution in [2.24, 2.45) is 0 Å². The van der Waals surface area contributed by atoms with Crippen molar-refractivity contribution in [3.8, 4) is 11.1 Å². The van der Waals surface area contributed by atoms with Gasteiger partial charge in [-0.3, -0.25) is 19.8 Å². The summed E-state index contributed by atoms with van der Waals surface area (Å²) in [4.78, 5) is 21.9. The summed E-state index contributed by atoms with van der Waals surface area (Å²) in [5.41, 5.74) is 1.93. The van der Waals surface area contributed by atoms with Crippen molar-refractivity contribution in [3.05, 3.63) is 69.4 Å². The fraction of sp³-hybridized carbons (Fsp3) is 0.318. The van der Waals surface area contributed by atoms with Gasteiger partial charge in [0.2, 0.25) is 5.95 Å². The van der Waals surface area contributed by atoms with Crippen LogP contribution in [0.4, 0.5) is 4.39 Å². The number of fused-ring (bicyclic) bond motifs is 1. The molecule has 0 saturated carbocycles. The third kappa shape index (κ3) is 4.05. The normalized spacial score (nSPS) is 21.4. The molecule has 2 aromatic heterocycles. The summed E-state index contributed by atoms with van der Waals surface area (Å²) in [6.45, 7) is 3.11. The lowest BCUT2D eigenvalue weighted by atomic mass is 10.0. The molecule has 1 aromatic carbocycles. The molecule has 5 rings (SSSR count). The third-order valence-electron chi connectivity index (χ3n) is 5.98. The topological polar surface area (TPSA) is 74.4 Å². The Kier molecular flexibility index (Phi) is 5.98. The summed E-state index contributed by atoms with van der Waals surface area (Å²) in [5, 5.41) is 6.21. The molecule has 1 N–H and O–H groups in total. The first-order valence-corrected chi connectivity index (χ1v) is 11.4. The second kappa shape index (κ2) is 8.90. The number of carbonyl (C=O) groups is 1. The fourth-order valence-corrected chi connectivity index (χ4v) is 4.81. The second-order valence-corrected chi connectivity index (χ2v) is 9.17. The van der Waals surface area contributed by atoms with E-state index in [1.807, 2.05) is 12.1 Å². The Hall–Kier alpha value is -2.33. The molecule has 2 saturated heterocycles. The zero-order chi connectivity index (χ0) is 22.2. The Morgan fingerprint density at radius 2 is 2.09 bits per heavy atom. The van der Waals surface area contributed by atoms with E-state index >= 15 is 0 Å². The summed E-state index contributed by atoms with van der Waals surface area (Å²) < 4.78 is 20.9. The number of morpholine rings is 1. The Balaban J connectivity index is 1.29. The highest BCUT2D eigenvalue weighted by Gasteiger charge is 2.36. The number of ether oxygens (including phenoxy) is 1. The van der Waals surface area contributed by atoms with Crippen LogP contribution in [0.3, 0.4) is 0 Å². The van der Waals surface area contributed by atoms with Gasteiger partial charge in [-0.2, -0.15) is 4.39 Å². The summed E-state index contributed by atoms with van der Waals surface area (Å²) in [6.07, 6.45) is 3.12. The summed E-state index contributed by atoms with van der Waals surface area (Å²) in [7, 11) is 0. The minimum absolute atomic E-state index is 0.0856. The largest absolute Gasteiger partial charge is 0.369 e. The molecule has 0 spiro atoms. The van der Waals surface area contributed by atoms with E-state index < -0.39 is 5.95 Å². The number of pyridine rings is 1. The molecule has 7 nitrogen and oxygen atoms in total. The van der Waals surface area contributed by atoms with E-state index in [9.17, 15) is 9.18 Å². The number of piperazine rings is 1. The molecule has 0 radical (unpaired) electrons. The Morgan fingerprint density at radius 3 is 2.84 bits per heavy atom. The zero-order valence-electron chi connectivity index (χ0n) is 17.0. The molecule has 1 amide bonds. The van der Waals surface area contributed by atoms with Crippen molar-refractivity contribution in [2.45, 2.75) is 12.1 Å². The van der Waals surface area contributed by atoms with Gasteiger partial charge in [-0.15, -0.1) is 5.10 Å². The summed E-state index contributed by atoms with van der Waals surface area (Å²) in [5.74, 6) is -0.823. The molecule has 0 bridgehead atoms. The summed E-state index contributed by atoms with van der Waals surface area (Å²) in [6, 6.07) is 9.08. The SMILES string of the molecule is O=C(c1cccc(-c2c[nH]nc2F)c1Cl)N1CCN2CC(c3ccc(Br)cn3)OC[C@@H]2C1. The highest BCUT2D eigenvalue weighted by Crippen LogP contribution is 2.33. The maximum atomic E-state index is 13.9. The highest BCUT2D eigenvalue weighted by atomic mass is 79.9. The second-order valence-electron chi connectivity index (χ2n) is 7.88. The molecule has 10 heteroatoms. The van der Waals surface area contributed by atoms with E-state index in [1.54, 1.807) is 29.3 Å². The number of hydrogen-bond acceptors (Lipinski definition) is 5. The van der Waals surface area contributed by atoms with Crippen LogP contribution < -0.4 is 0 Å². The van der Waals surface area contributed by atoms with Crippen LogP contribution in [0.2, 0.25) is 5.02 Å². The minimum Gasteiger partial charge on any atom is -0.369 e. The average Bonchev–Trinajstić information content (AvgIpc) is 3.24. The first-order chi connectivity index (χ1) is 15.5. The maximum absolute atomic E-state index is 13.9. The molecule has 2 aliphatic heterocycles. The molecular weight excluding hydrogens is 501 g/mol. The Bertz CT molecular complexity index is 1140. The fourth-order valence-electron chi connectivity index (χ4n) is 4.26. The molecular formula is C22H20BrClFN5O2. The number of halogens is 3. The van der Waals surface area contributed by atoms with Crippen LogP contribution in [0.15, 0.2) is 47.2 Å². The minimum atomic E-state index is -0.653. The number of carbonyl (C=O) groups excluding carboxylic acids is 1. The number of nitrogens with zero attached hydrogens (tertiary/aromatic N) is 4. The van der Waals surface area contributed by atoms with E-state index in [0.717, 1.165) is 23.3 Å². The molecule has 3 aromatic rings. The summed E-state index contributed by atoms with van der Waals surface area (Å²) >= 11 is 9.93. The number of aromatic nitrogens is 3. The molecule has 0 aliphatic carbocycles. The van der Waals surface area contributed by atoms with Gasteiger partial charge in [-0.05, 0) is 34.1 Å². The standard InChI is InChI=1S/C22H20BrClFN5O2/c23-13-4-5-18(26-8-13)19-11-29-6-7-30(10-14(29)12-32-19)22(31)16-3-1-2-15(20(16)24)17-9-27-28-21(17)25/h1-5,8-9,14,19H,6-7,10-12H2,(H,27,28)/t14-,19?/m0/s1. The first kappa shape index (κ1) is 21.5. The molecule has 32 heavy (non-hydrogen) atoms. The van der Waals surface area contributed by atoms with Gasteiger partial charge in [0.05, 0.1) is 34.5 Å². The van der Waals surface area contributed by atoms with Gasteiger partial charge in [-0.1, -0.05) is 23.7 Å². The van der Waals surface area contributed by atoms with E-state index in [4.69, 9.17) is 16.3 Å². The third-order valence-corrected chi connectivity index (χ3v) is 6.85. The Labute approximate surface area is 197 Å². The predicted molar refractivity (Wildman–Crippen MR) is 121 cm³/mol. The lowest BCUT2D eigenvalue weighted by Gasteiger charge is -2.46. The molecule has 4 heterocycles. The van der Waals surface area contributed by atoms with Crippen molar-refractivity contribution in [1.82, 2.24) is 25.0 Å². The molecule has 166 valence electrons. The van der Waals surface area contributed by atoms with Crippen molar-refractivity contribution in [1.29, 1.82) is 0 Å². The first-order valence-electron chi connectivity index (χ1n) is 10.3. The quantitative estimate of drug-likeness (QED) is 0.567. The van der Waals surface area contributed by atoms with Crippen LogP contribution >= 0.6 is 27.5 Å². The van der Waals surface area contributed by atoms with Crippen molar-refractivity contribution >= 4 is 33.4 Å². The lowest BCUT2D eigenvalue weighted by Crippen LogP contribution is -2.59. The molecule has 1 unspecified atom stereocenters. The van der Waals surface area contributed by atoms with Crippen LogP contribution in [-0.4, -0.2) is 69.7 Å². The van der Waals surface area contributed by atoms with Gasteiger partial charge in [0, 0.05) is 48.6 Å². The van der Waals surface area contributed by atoms with E-state index in [1.165, 1.54) is 6.20 Å². The van der Waals surface area contributed by atoms with E-state index in [0.29, 0.717) is 30.8 Å². The van der Waals surface area contributed by atoms with Crippen molar-refractivity contribution in [3.63, 3.8) is 0 Å². The number of aromatic amines is 1. The van der Waals surface area contributed by atoms with Crippen molar-refractivity contribution < 1.29 is 13.9 Å². The van der Waals surface area contributed by atoms with Gasteiger partial charge in [0.15, 0.2) is 0 Å². The zero-order valence-corrected chi connectivity index (χ0v) is 19.3. The number of amides is 1. The van der Waals surface area contributed by atoms with Crippen LogP contribution in [0, 0.1) is 5.95 Å². The maximum Gasteiger partial charge on any atom is 0.255 e. The van der Waals surface area contributed by atoms with Gasteiger partial charge in [0.25, 0.3) is 5.91 Å². The molecule has 2 fully saturated rings. The van der Waals surface area contributed by atoms with Gasteiger partial charge < -0.3 is 9.64 Å². The molecule has 2 atom stereocenters. The number of rotatable bonds is 3. The average molecular weight is 521 g/mol. The van der Waals surface area contributed by atoms with Crippen LogP contribution in [0.1, 0.15) is 22.2 Å². The predicted octanol–water partition coefficient (Wildman–Crippen LogP) is 3.92. The van der Waals surface area contributed by atoms with Crippen LogP contribution in [-0.2, 0) is 4.74 Å². The highest BCUT2D eigenvalue weighted by molar-refractivity contribution is 9.10.